The molecule has 0 aliphatic rings. The van der Waals surface area contributed by atoms with E-state index in [1.54, 1.807) is 13.1 Å². The van der Waals surface area contributed by atoms with E-state index in [-0.39, 0.29) is 23.0 Å². The molecule has 0 saturated heterocycles. The lowest BCUT2D eigenvalue weighted by atomic mass is 10.1. The molecule has 11 heteroatoms. The Morgan fingerprint density at radius 2 is 1.88 bits per heavy atom. The lowest BCUT2D eigenvalue weighted by molar-refractivity contribution is -0.147. The van der Waals surface area contributed by atoms with Crippen molar-refractivity contribution in [3.8, 4) is 0 Å². The Bertz CT molecular complexity index is 1030. The Balaban J connectivity index is 2.37. The summed E-state index contributed by atoms with van der Waals surface area (Å²) in [6.45, 7) is 7.70. The molecule has 0 bridgehead atoms. The summed E-state index contributed by atoms with van der Waals surface area (Å²) in [6.07, 6.45) is 1.04. The highest BCUT2D eigenvalue weighted by molar-refractivity contribution is 7.99. The van der Waals surface area contributed by atoms with Gasteiger partial charge in [-0.05, 0) is 39.9 Å². The second kappa shape index (κ2) is 11.4. The summed E-state index contributed by atoms with van der Waals surface area (Å²) >= 11 is 6.57. The molecule has 0 saturated carbocycles. The fourth-order valence-corrected chi connectivity index (χ4v) is 4.78. The second-order valence-corrected chi connectivity index (χ2v) is 9.76. The summed E-state index contributed by atoms with van der Waals surface area (Å²) in [5.74, 6) is -2.79. The van der Waals surface area contributed by atoms with Crippen molar-refractivity contribution < 1.29 is 29.3 Å². The van der Waals surface area contributed by atoms with E-state index in [9.17, 15) is 24.6 Å². The number of aliphatic carboxylic acids is 2. The van der Waals surface area contributed by atoms with Crippen LogP contribution in [0.2, 0.25) is 0 Å². The van der Waals surface area contributed by atoms with Crippen molar-refractivity contribution in [1.82, 2.24) is 15.2 Å². The summed E-state index contributed by atoms with van der Waals surface area (Å²) in [4.78, 5) is 35.7. The number of fused-ring (bicyclic) bond motifs is 1. The Labute approximate surface area is 201 Å². The first-order valence-electron chi connectivity index (χ1n) is 10.3. The molecule has 1 aromatic carbocycles. The average Bonchev–Trinajstić information content (AvgIpc) is 3.06. The van der Waals surface area contributed by atoms with Gasteiger partial charge in [-0.3, -0.25) is 4.79 Å². The number of nitrogens with zero attached hydrogens (tertiary/aromatic N) is 1. The third kappa shape index (κ3) is 7.64. The highest BCUT2D eigenvalue weighted by Gasteiger charge is 2.28. The second-order valence-electron chi connectivity index (χ2n) is 8.34. The lowest BCUT2D eigenvalue weighted by Gasteiger charge is -2.26. The van der Waals surface area contributed by atoms with Gasteiger partial charge in [0.2, 0.25) is 0 Å². The van der Waals surface area contributed by atoms with E-state index in [0.29, 0.717) is 5.03 Å². The van der Waals surface area contributed by atoms with Crippen LogP contribution in [0.1, 0.15) is 40.2 Å². The van der Waals surface area contributed by atoms with Gasteiger partial charge in [-0.25, -0.2) is 9.59 Å². The molecule has 0 amide bonds. The first-order valence-corrected chi connectivity index (χ1v) is 11.7. The Hall–Kier alpha value is -2.79. The van der Waals surface area contributed by atoms with E-state index >= 15 is 0 Å². The van der Waals surface area contributed by atoms with Crippen LogP contribution in [-0.4, -0.2) is 61.7 Å². The van der Waals surface area contributed by atoms with Gasteiger partial charge in [0, 0.05) is 28.3 Å². The van der Waals surface area contributed by atoms with E-state index in [0.717, 1.165) is 10.8 Å². The predicted octanol–water partition coefficient (Wildman–Crippen LogP) is 3.03. The maximum Gasteiger partial charge on any atom is 0.329 e. The van der Waals surface area contributed by atoms with Crippen LogP contribution in [0.5, 0.6) is 0 Å². The zero-order chi connectivity index (χ0) is 24.8. The maximum atomic E-state index is 12.6. The molecule has 33 heavy (non-hydrogen) atoms. The van der Waals surface area contributed by atoms with Crippen molar-refractivity contribution in [2.24, 2.45) is 0 Å². The molecule has 9 nitrogen and oxygen atoms in total. The van der Waals surface area contributed by atoms with Gasteiger partial charge in [0.15, 0.2) is 5.11 Å². The van der Waals surface area contributed by atoms with Gasteiger partial charge in [-0.15, -0.1) is 11.8 Å². The van der Waals surface area contributed by atoms with Crippen LogP contribution < -0.4 is 10.6 Å². The van der Waals surface area contributed by atoms with Crippen molar-refractivity contribution in [3.05, 3.63) is 30.5 Å². The minimum Gasteiger partial charge on any atom is -0.481 e. The van der Waals surface area contributed by atoms with E-state index in [2.05, 4.69) is 10.6 Å². The van der Waals surface area contributed by atoms with Crippen molar-refractivity contribution in [2.45, 2.75) is 56.8 Å². The first-order chi connectivity index (χ1) is 15.4. The number of rotatable bonds is 10. The summed E-state index contributed by atoms with van der Waals surface area (Å²) in [5.41, 5.74) is -0.313. The van der Waals surface area contributed by atoms with Crippen LogP contribution >= 0.6 is 24.0 Å². The number of aromatic nitrogens is 1. The number of esters is 1. The largest absolute Gasteiger partial charge is 0.481 e. The van der Waals surface area contributed by atoms with Crippen LogP contribution in [0, 0.1) is 0 Å². The van der Waals surface area contributed by atoms with E-state index in [4.69, 9.17) is 17.0 Å². The molecule has 0 aliphatic heterocycles. The third-order valence-corrected chi connectivity index (χ3v) is 5.87. The number of carbonyl (C=O) groups excluding carboxylic acids is 1. The van der Waals surface area contributed by atoms with Crippen LogP contribution in [0.4, 0.5) is 0 Å². The Morgan fingerprint density at radius 3 is 2.45 bits per heavy atom. The number of thioether (sulfide) groups is 1. The van der Waals surface area contributed by atoms with Crippen molar-refractivity contribution >= 4 is 57.8 Å². The standard InChI is InChI=1S/C22H29N3O6S2/c1-5-31-20(30)15(23-21(32)24-22(2,3)4)12-33-18-14-9-7-6-8-13(14)11-25(18)16(19(28)29)10-17(26)27/h6-9,11,15-16H,5,10,12H2,1-4H3,(H,26,27)(H,28,29)(H2,23,24,32)/t15-,16-/m0/s1. The van der Waals surface area contributed by atoms with Crippen LogP contribution in [0.25, 0.3) is 10.8 Å². The molecular formula is C22H29N3O6S2. The zero-order valence-electron chi connectivity index (χ0n) is 19.0. The Kier molecular flexibility index (Phi) is 9.12. The van der Waals surface area contributed by atoms with E-state index in [1.165, 1.54) is 16.3 Å². The molecule has 1 heterocycles. The average molecular weight is 496 g/mol. The molecule has 180 valence electrons. The van der Waals surface area contributed by atoms with Crippen molar-refractivity contribution in [3.63, 3.8) is 0 Å². The molecule has 2 atom stereocenters. The summed E-state index contributed by atoms with van der Waals surface area (Å²) in [5, 5.41) is 27.3. The number of hydrogen-bond acceptors (Lipinski definition) is 6. The Morgan fingerprint density at radius 1 is 1.21 bits per heavy atom. The molecule has 0 radical (unpaired) electrons. The SMILES string of the molecule is CCOC(=O)[C@H](CSc1c2ccccc2cn1[C@@H](CC(=O)O)C(=O)O)NC(=S)NC(C)(C)C. The van der Waals surface area contributed by atoms with Gasteiger partial charge in [-0.2, -0.15) is 0 Å². The number of carboxylic acids is 2. The maximum absolute atomic E-state index is 12.6. The number of benzene rings is 1. The minimum absolute atomic E-state index is 0.179. The smallest absolute Gasteiger partial charge is 0.329 e. The number of carboxylic acid groups (broad SMARTS) is 2. The first kappa shape index (κ1) is 26.5. The molecule has 0 unspecified atom stereocenters. The van der Waals surface area contributed by atoms with Gasteiger partial charge in [0.05, 0.1) is 18.1 Å². The fourth-order valence-electron chi connectivity index (χ4n) is 3.11. The van der Waals surface area contributed by atoms with Gasteiger partial charge in [0.25, 0.3) is 0 Å². The molecule has 0 spiro atoms. The van der Waals surface area contributed by atoms with Crippen LogP contribution in [0.3, 0.4) is 0 Å². The van der Waals surface area contributed by atoms with Crippen LogP contribution in [0.15, 0.2) is 35.5 Å². The summed E-state index contributed by atoms with van der Waals surface area (Å²) in [7, 11) is 0. The summed E-state index contributed by atoms with van der Waals surface area (Å²) in [6, 6.07) is 5.17. The quantitative estimate of drug-likeness (QED) is 0.222. The monoisotopic (exact) mass is 495 g/mol. The van der Waals surface area contributed by atoms with Crippen molar-refractivity contribution in [2.75, 3.05) is 12.4 Å². The zero-order valence-corrected chi connectivity index (χ0v) is 20.6. The number of carbonyl (C=O) groups is 3. The third-order valence-electron chi connectivity index (χ3n) is 4.44. The van der Waals surface area contributed by atoms with Crippen molar-refractivity contribution in [1.29, 1.82) is 0 Å². The number of nitrogens with one attached hydrogen (secondary N) is 2. The van der Waals surface area contributed by atoms with Gasteiger partial charge in [0.1, 0.15) is 12.1 Å². The highest BCUT2D eigenvalue weighted by atomic mass is 32.2. The van der Waals surface area contributed by atoms with Crippen LogP contribution in [-0.2, 0) is 19.1 Å². The minimum atomic E-state index is -1.30. The summed E-state index contributed by atoms with van der Waals surface area (Å²) < 4.78 is 6.62. The molecule has 4 N–H and O–H groups in total. The number of ether oxygens (including phenoxy) is 1. The lowest BCUT2D eigenvalue weighted by Crippen LogP contribution is -2.52. The number of thiocarbonyl (C=S) groups is 1. The van der Waals surface area contributed by atoms with Gasteiger partial charge >= 0.3 is 17.9 Å². The molecule has 0 aliphatic carbocycles. The number of hydrogen-bond donors (Lipinski definition) is 4. The predicted molar refractivity (Wildman–Crippen MR) is 131 cm³/mol. The van der Waals surface area contributed by atoms with E-state index < -0.39 is 36.4 Å². The molecule has 0 fully saturated rings. The highest BCUT2D eigenvalue weighted by Crippen LogP contribution is 2.34. The van der Waals surface area contributed by atoms with E-state index in [1.807, 2.05) is 45.0 Å². The molecule has 2 rings (SSSR count). The molecule has 1 aromatic heterocycles. The normalized spacial score (nSPS) is 13.2. The fraction of sp³-hybridized carbons (Fsp3) is 0.455. The molecular weight excluding hydrogens is 466 g/mol. The van der Waals surface area contributed by atoms with Gasteiger partial charge < -0.3 is 30.2 Å². The van der Waals surface area contributed by atoms with Gasteiger partial charge in [-0.1, -0.05) is 24.3 Å². The topological polar surface area (TPSA) is 130 Å². The molecule has 2 aromatic rings.